The number of ether oxygens (including phenoxy) is 1. The minimum atomic E-state index is -0.155. The molecule has 158 valence electrons. The van der Waals surface area contributed by atoms with Crippen molar-refractivity contribution in [2.75, 3.05) is 43.1 Å². The van der Waals surface area contributed by atoms with Crippen LogP contribution < -0.4 is 15.5 Å². The Balaban J connectivity index is 1.29. The van der Waals surface area contributed by atoms with Gasteiger partial charge in [0.05, 0.1) is 19.3 Å². The van der Waals surface area contributed by atoms with Crippen LogP contribution in [-0.2, 0) is 11.3 Å². The Morgan fingerprint density at radius 3 is 2.77 bits per heavy atom. The van der Waals surface area contributed by atoms with E-state index in [4.69, 9.17) is 9.73 Å². The number of rotatable bonds is 4. The summed E-state index contributed by atoms with van der Waals surface area (Å²) in [4.78, 5) is 9.95. The van der Waals surface area contributed by atoms with Crippen molar-refractivity contribution in [3.05, 3.63) is 60.2 Å². The zero-order valence-corrected chi connectivity index (χ0v) is 17.7. The second kappa shape index (κ2) is 8.28. The molecule has 3 heterocycles. The van der Waals surface area contributed by atoms with E-state index in [0.29, 0.717) is 0 Å². The molecule has 0 saturated carbocycles. The number of fused-ring (bicyclic) bond motifs is 1. The van der Waals surface area contributed by atoms with E-state index < -0.39 is 0 Å². The van der Waals surface area contributed by atoms with Gasteiger partial charge in [-0.2, -0.15) is 0 Å². The molecule has 0 amide bonds. The van der Waals surface area contributed by atoms with Crippen LogP contribution in [0.3, 0.4) is 0 Å². The van der Waals surface area contributed by atoms with Crippen molar-refractivity contribution < 1.29 is 4.74 Å². The zero-order valence-electron chi connectivity index (χ0n) is 17.7. The van der Waals surface area contributed by atoms with Gasteiger partial charge in [-0.05, 0) is 43.5 Å². The van der Waals surface area contributed by atoms with Gasteiger partial charge >= 0.3 is 0 Å². The average Bonchev–Trinajstić information content (AvgIpc) is 3.12. The molecule has 2 atom stereocenters. The van der Waals surface area contributed by atoms with E-state index in [0.717, 1.165) is 57.5 Å². The molecule has 3 aliphatic heterocycles. The van der Waals surface area contributed by atoms with Crippen LogP contribution in [0.2, 0.25) is 0 Å². The zero-order chi connectivity index (χ0) is 20.4. The predicted octanol–water partition coefficient (Wildman–Crippen LogP) is 3.28. The van der Waals surface area contributed by atoms with Gasteiger partial charge in [0.2, 0.25) is 0 Å². The summed E-state index contributed by atoms with van der Waals surface area (Å²) in [6, 6.07) is 19.6. The summed E-state index contributed by atoms with van der Waals surface area (Å²) >= 11 is 0. The van der Waals surface area contributed by atoms with Crippen LogP contribution in [0.1, 0.15) is 25.3 Å². The number of nitrogens with zero attached hydrogens (tertiary/aromatic N) is 3. The molecule has 3 aliphatic rings. The Labute approximate surface area is 178 Å². The maximum absolute atomic E-state index is 5.49. The lowest BCUT2D eigenvalue weighted by atomic mass is 9.92. The third kappa shape index (κ3) is 3.89. The Morgan fingerprint density at radius 1 is 1.10 bits per heavy atom. The van der Waals surface area contributed by atoms with Gasteiger partial charge in [0.25, 0.3) is 0 Å². The number of hydrogen-bond donors (Lipinski definition) is 2. The molecule has 2 fully saturated rings. The fourth-order valence-electron chi connectivity index (χ4n) is 4.83. The lowest BCUT2D eigenvalue weighted by molar-refractivity contribution is 0.0338. The van der Waals surface area contributed by atoms with Crippen molar-refractivity contribution >= 4 is 17.3 Å². The van der Waals surface area contributed by atoms with Gasteiger partial charge < -0.3 is 20.3 Å². The van der Waals surface area contributed by atoms with E-state index in [1.807, 2.05) is 0 Å². The number of benzene rings is 2. The predicted molar refractivity (Wildman–Crippen MR) is 122 cm³/mol. The number of nitrogens with one attached hydrogen (secondary N) is 2. The van der Waals surface area contributed by atoms with Crippen molar-refractivity contribution in [1.29, 1.82) is 0 Å². The van der Waals surface area contributed by atoms with Gasteiger partial charge in [0, 0.05) is 37.6 Å². The number of morpholine rings is 1. The molecule has 0 aromatic heterocycles. The van der Waals surface area contributed by atoms with Gasteiger partial charge in [0.15, 0.2) is 5.96 Å². The summed E-state index contributed by atoms with van der Waals surface area (Å²) < 4.78 is 5.49. The molecule has 2 N–H and O–H groups in total. The maximum Gasteiger partial charge on any atom is 0.197 e. The summed E-state index contributed by atoms with van der Waals surface area (Å²) in [5.74, 6) is 0.876. The summed E-state index contributed by atoms with van der Waals surface area (Å²) in [5.41, 5.74) is 3.50. The largest absolute Gasteiger partial charge is 0.378 e. The van der Waals surface area contributed by atoms with E-state index in [1.165, 1.54) is 17.7 Å². The molecule has 5 rings (SSSR count). The van der Waals surface area contributed by atoms with Crippen LogP contribution in [0.25, 0.3) is 0 Å². The smallest absolute Gasteiger partial charge is 0.197 e. The SMILES string of the molecule is C[C@]12NC(Nc3cccc(N4CCOCC4)c3)=NC1CCCN2Cc1ccccc1. The Morgan fingerprint density at radius 2 is 1.93 bits per heavy atom. The highest BCUT2D eigenvalue weighted by atomic mass is 16.5. The van der Waals surface area contributed by atoms with E-state index in [1.54, 1.807) is 0 Å². The average molecular weight is 406 g/mol. The van der Waals surface area contributed by atoms with E-state index in [-0.39, 0.29) is 11.7 Å². The first-order valence-corrected chi connectivity index (χ1v) is 11.1. The lowest BCUT2D eigenvalue weighted by Crippen LogP contribution is -2.63. The molecule has 2 aromatic carbocycles. The Hall–Kier alpha value is -2.57. The molecule has 6 heteroatoms. The molecule has 0 aliphatic carbocycles. The number of anilines is 2. The monoisotopic (exact) mass is 405 g/mol. The first-order chi connectivity index (χ1) is 14.7. The standard InChI is InChI=1S/C24H31N5O/c1-24-22(11-6-12-29(24)18-19-7-3-2-4-8-19)26-23(27-24)25-20-9-5-10-21(17-20)28-13-15-30-16-14-28/h2-5,7-10,17,22H,6,11-16,18H2,1H3,(H2,25,26,27)/t22?,24-/m1/s1. The van der Waals surface area contributed by atoms with E-state index in [2.05, 4.69) is 82.0 Å². The highest BCUT2D eigenvalue weighted by Gasteiger charge is 2.47. The van der Waals surface area contributed by atoms with Gasteiger partial charge in [-0.1, -0.05) is 36.4 Å². The second-order valence-electron chi connectivity index (χ2n) is 8.59. The normalized spacial score (nSPS) is 26.6. The van der Waals surface area contributed by atoms with Gasteiger partial charge in [-0.15, -0.1) is 0 Å². The first kappa shape index (κ1) is 19.4. The number of likely N-dealkylation sites (tertiary alicyclic amines) is 1. The number of hydrogen-bond acceptors (Lipinski definition) is 6. The molecular weight excluding hydrogens is 374 g/mol. The molecule has 1 unspecified atom stereocenters. The molecule has 2 aromatic rings. The molecule has 0 bridgehead atoms. The first-order valence-electron chi connectivity index (χ1n) is 11.1. The number of guanidine groups is 1. The summed E-state index contributed by atoms with van der Waals surface area (Å²) in [6.45, 7) is 7.79. The van der Waals surface area contributed by atoms with Crippen LogP contribution >= 0.6 is 0 Å². The van der Waals surface area contributed by atoms with Crippen LogP contribution in [0.5, 0.6) is 0 Å². The number of aliphatic imine (C=N–C) groups is 1. The van der Waals surface area contributed by atoms with Gasteiger partial charge in [0.1, 0.15) is 5.66 Å². The van der Waals surface area contributed by atoms with Crippen molar-refractivity contribution in [3.8, 4) is 0 Å². The topological polar surface area (TPSA) is 52.1 Å². The molecular formula is C24H31N5O. The van der Waals surface area contributed by atoms with Crippen molar-refractivity contribution in [3.63, 3.8) is 0 Å². The fourth-order valence-corrected chi connectivity index (χ4v) is 4.83. The van der Waals surface area contributed by atoms with Gasteiger partial charge in [-0.25, -0.2) is 4.99 Å². The van der Waals surface area contributed by atoms with Gasteiger partial charge in [-0.3, -0.25) is 4.90 Å². The van der Waals surface area contributed by atoms with Crippen molar-refractivity contribution in [2.45, 2.75) is 38.0 Å². The summed E-state index contributed by atoms with van der Waals surface area (Å²) in [5, 5.41) is 7.26. The maximum atomic E-state index is 5.49. The molecule has 30 heavy (non-hydrogen) atoms. The highest BCUT2D eigenvalue weighted by molar-refractivity contribution is 5.96. The Bertz CT molecular complexity index is 895. The lowest BCUT2D eigenvalue weighted by Gasteiger charge is -2.45. The van der Waals surface area contributed by atoms with Crippen LogP contribution in [-0.4, -0.2) is 55.4 Å². The third-order valence-corrected chi connectivity index (χ3v) is 6.57. The summed E-state index contributed by atoms with van der Waals surface area (Å²) in [6.07, 6.45) is 2.30. The second-order valence-corrected chi connectivity index (χ2v) is 8.59. The summed E-state index contributed by atoms with van der Waals surface area (Å²) in [7, 11) is 0. The minimum Gasteiger partial charge on any atom is -0.378 e. The van der Waals surface area contributed by atoms with E-state index in [9.17, 15) is 0 Å². The van der Waals surface area contributed by atoms with E-state index >= 15 is 0 Å². The molecule has 2 saturated heterocycles. The molecule has 0 radical (unpaired) electrons. The number of piperidine rings is 1. The third-order valence-electron chi connectivity index (χ3n) is 6.57. The van der Waals surface area contributed by atoms with Crippen molar-refractivity contribution in [2.24, 2.45) is 4.99 Å². The molecule has 6 nitrogen and oxygen atoms in total. The van der Waals surface area contributed by atoms with Crippen LogP contribution in [0.15, 0.2) is 59.6 Å². The quantitative estimate of drug-likeness (QED) is 0.818. The minimum absolute atomic E-state index is 0.155. The van der Waals surface area contributed by atoms with Crippen LogP contribution in [0, 0.1) is 0 Å². The van der Waals surface area contributed by atoms with Crippen molar-refractivity contribution in [1.82, 2.24) is 10.2 Å². The highest BCUT2D eigenvalue weighted by Crippen LogP contribution is 2.33. The van der Waals surface area contributed by atoms with Crippen LogP contribution in [0.4, 0.5) is 11.4 Å². The Kier molecular flexibility index (Phi) is 5.35. The fraction of sp³-hybridized carbons (Fsp3) is 0.458. The molecule has 0 spiro atoms.